The number of hydrogen-bond donors (Lipinski definition) is 1. The minimum absolute atomic E-state index is 0.113. The minimum Gasteiger partial charge on any atom is -0.495 e. The van der Waals surface area contributed by atoms with E-state index in [4.69, 9.17) is 16.3 Å². The molecule has 2 aromatic carbocycles. The summed E-state index contributed by atoms with van der Waals surface area (Å²) in [5, 5.41) is 3.44. The molecule has 140 valence electrons. The van der Waals surface area contributed by atoms with Gasteiger partial charge in [-0.05, 0) is 49.9 Å². The summed E-state index contributed by atoms with van der Waals surface area (Å²) in [5.41, 5.74) is 2.87. The monoisotopic (exact) mass is 375 g/mol. The Labute approximate surface area is 160 Å². The van der Waals surface area contributed by atoms with Gasteiger partial charge in [0.1, 0.15) is 5.75 Å². The van der Waals surface area contributed by atoms with Gasteiger partial charge in [-0.2, -0.15) is 0 Å². The highest BCUT2D eigenvalue weighted by Gasteiger charge is 2.19. The lowest BCUT2D eigenvalue weighted by Crippen LogP contribution is -2.39. The molecule has 2 rings (SSSR count). The number of rotatable bonds is 7. The van der Waals surface area contributed by atoms with Gasteiger partial charge in [0.2, 0.25) is 5.91 Å². The second-order valence-corrected chi connectivity index (χ2v) is 6.92. The highest BCUT2D eigenvalue weighted by atomic mass is 35.5. The first-order valence-electron chi connectivity index (χ1n) is 8.42. The van der Waals surface area contributed by atoms with Crippen LogP contribution in [0.2, 0.25) is 5.02 Å². The van der Waals surface area contributed by atoms with Crippen molar-refractivity contribution >= 4 is 28.9 Å². The summed E-state index contributed by atoms with van der Waals surface area (Å²) in [7, 11) is 7.51. The molecule has 0 bridgehead atoms. The Morgan fingerprint density at radius 2 is 1.81 bits per heavy atom. The molecule has 0 aliphatic rings. The smallest absolute Gasteiger partial charge is 0.241 e. The number of benzene rings is 2. The van der Waals surface area contributed by atoms with Crippen molar-refractivity contribution in [1.29, 1.82) is 0 Å². The minimum atomic E-state index is -0.313. The Hall–Kier alpha value is -2.24. The number of carbonyl (C=O) groups is 1. The first-order chi connectivity index (χ1) is 12.3. The van der Waals surface area contributed by atoms with Gasteiger partial charge in [0, 0.05) is 31.4 Å². The Morgan fingerprint density at radius 1 is 1.15 bits per heavy atom. The van der Waals surface area contributed by atoms with Crippen LogP contribution in [0, 0.1) is 0 Å². The molecule has 0 saturated carbocycles. The molecule has 0 aliphatic heterocycles. The molecule has 0 spiro atoms. The Bertz CT molecular complexity index is 747. The molecule has 0 aromatic heterocycles. The summed E-state index contributed by atoms with van der Waals surface area (Å²) < 4.78 is 5.28. The number of nitrogens with zero attached hydrogens (tertiary/aromatic N) is 2. The Morgan fingerprint density at radius 3 is 2.38 bits per heavy atom. The maximum atomic E-state index is 12.6. The van der Waals surface area contributed by atoms with Crippen molar-refractivity contribution in [3.63, 3.8) is 0 Å². The maximum absolute atomic E-state index is 12.6. The number of nitrogens with one attached hydrogen (secondary N) is 1. The molecule has 1 N–H and O–H groups in total. The lowest BCUT2D eigenvalue weighted by molar-refractivity contribution is -0.120. The second kappa shape index (κ2) is 8.92. The van der Waals surface area contributed by atoms with E-state index >= 15 is 0 Å². The number of anilines is 2. The molecule has 2 aromatic rings. The van der Waals surface area contributed by atoms with E-state index in [0.717, 1.165) is 11.3 Å². The topological polar surface area (TPSA) is 44.8 Å². The predicted octanol–water partition coefficient (Wildman–Crippen LogP) is 3.87. The fraction of sp³-hybridized carbons (Fsp3) is 0.350. The number of likely N-dealkylation sites (N-methyl/N-ethyl adjacent to an activating group) is 1. The fourth-order valence-electron chi connectivity index (χ4n) is 2.54. The highest BCUT2D eigenvalue weighted by molar-refractivity contribution is 6.31. The molecule has 0 radical (unpaired) electrons. The number of ether oxygens (including phenoxy) is 1. The zero-order valence-electron chi connectivity index (χ0n) is 15.9. The van der Waals surface area contributed by atoms with E-state index in [2.05, 4.69) is 34.5 Å². The van der Waals surface area contributed by atoms with Crippen molar-refractivity contribution < 1.29 is 9.53 Å². The van der Waals surface area contributed by atoms with Crippen molar-refractivity contribution in [2.45, 2.75) is 19.5 Å². The van der Waals surface area contributed by atoms with Crippen molar-refractivity contribution in [3.8, 4) is 5.75 Å². The SMILES string of the molecule is COc1ccc(Cl)cc1NC(=O)[C@@H](C)N(C)Cc1ccc(N(C)C)cc1. The standard InChI is InChI=1S/C20H26ClN3O2/c1-14(20(25)22-18-12-16(21)8-11-19(18)26-5)24(4)13-15-6-9-17(10-7-15)23(2)3/h6-12,14H,13H2,1-5H3,(H,22,25)/t14-/m1/s1. The molecule has 5 nitrogen and oxygen atoms in total. The average Bonchev–Trinajstić information content (AvgIpc) is 2.61. The van der Waals surface area contributed by atoms with E-state index < -0.39 is 0 Å². The van der Waals surface area contributed by atoms with Crippen molar-refractivity contribution in [3.05, 3.63) is 53.1 Å². The average molecular weight is 376 g/mol. The lowest BCUT2D eigenvalue weighted by Gasteiger charge is -2.24. The van der Waals surface area contributed by atoms with E-state index in [1.807, 2.05) is 33.0 Å². The van der Waals surface area contributed by atoms with Crippen LogP contribution in [0.5, 0.6) is 5.75 Å². The fourth-order valence-corrected chi connectivity index (χ4v) is 2.71. The summed E-state index contributed by atoms with van der Waals surface area (Å²) in [5.74, 6) is 0.467. The van der Waals surface area contributed by atoms with Gasteiger partial charge in [0.05, 0.1) is 18.8 Å². The van der Waals surface area contributed by atoms with Crippen molar-refractivity contribution in [2.24, 2.45) is 0 Å². The van der Waals surface area contributed by atoms with E-state index in [1.54, 1.807) is 25.3 Å². The molecule has 6 heteroatoms. The van der Waals surface area contributed by atoms with E-state index in [1.165, 1.54) is 0 Å². The molecule has 0 aliphatic carbocycles. The number of methoxy groups -OCH3 is 1. The van der Waals surface area contributed by atoms with Crippen LogP contribution in [0.25, 0.3) is 0 Å². The van der Waals surface area contributed by atoms with Crippen LogP contribution in [0.1, 0.15) is 12.5 Å². The summed E-state index contributed by atoms with van der Waals surface area (Å²) in [6, 6.07) is 13.1. The molecule has 0 heterocycles. The maximum Gasteiger partial charge on any atom is 0.241 e. The van der Waals surface area contributed by atoms with Gasteiger partial charge < -0.3 is 15.0 Å². The molecular weight excluding hydrogens is 350 g/mol. The molecule has 0 unspecified atom stereocenters. The van der Waals surface area contributed by atoms with E-state index in [-0.39, 0.29) is 11.9 Å². The zero-order valence-corrected chi connectivity index (χ0v) is 16.7. The predicted molar refractivity (Wildman–Crippen MR) is 108 cm³/mol. The molecule has 0 saturated heterocycles. The first kappa shape index (κ1) is 20.1. The van der Waals surface area contributed by atoms with Crippen LogP contribution in [0.4, 0.5) is 11.4 Å². The van der Waals surface area contributed by atoms with Gasteiger partial charge in [0.25, 0.3) is 0 Å². The summed E-state index contributed by atoms with van der Waals surface area (Å²) in [6.07, 6.45) is 0. The highest BCUT2D eigenvalue weighted by Crippen LogP contribution is 2.28. The summed E-state index contributed by atoms with van der Waals surface area (Å²) in [6.45, 7) is 2.55. The third kappa shape index (κ3) is 5.13. The van der Waals surface area contributed by atoms with Gasteiger partial charge >= 0.3 is 0 Å². The number of amides is 1. The van der Waals surface area contributed by atoms with Crippen molar-refractivity contribution in [1.82, 2.24) is 4.90 Å². The van der Waals surface area contributed by atoms with Gasteiger partial charge in [-0.15, -0.1) is 0 Å². The lowest BCUT2D eigenvalue weighted by atomic mass is 10.1. The number of hydrogen-bond acceptors (Lipinski definition) is 4. The van der Waals surface area contributed by atoms with Gasteiger partial charge in [-0.1, -0.05) is 23.7 Å². The summed E-state index contributed by atoms with van der Waals surface area (Å²) >= 11 is 6.02. The largest absolute Gasteiger partial charge is 0.495 e. The van der Waals surface area contributed by atoms with Crippen LogP contribution in [0.15, 0.2) is 42.5 Å². The van der Waals surface area contributed by atoms with Crippen LogP contribution in [-0.2, 0) is 11.3 Å². The molecule has 1 atom stereocenters. The zero-order chi connectivity index (χ0) is 19.3. The van der Waals surface area contributed by atoms with Gasteiger partial charge in [0.15, 0.2) is 0 Å². The molecular formula is C20H26ClN3O2. The third-order valence-electron chi connectivity index (χ3n) is 4.34. The molecule has 26 heavy (non-hydrogen) atoms. The van der Waals surface area contributed by atoms with Gasteiger partial charge in [-0.25, -0.2) is 0 Å². The van der Waals surface area contributed by atoms with Gasteiger partial charge in [-0.3, -0.25) is 9.69 Å². The second-order valence-electron chi connectivity index (χ2n) is 6.49. The Kier molecular flexibility index (Phi) is 6.89. The van der Waals surface area contributed by atoms with E-state index in [0.29, 0.717) is 23.0 Å². The number of carbonyl (C=O) groups excluding carboxylic acids is 1. The number of halogens is 1. The normalized spacial score (nSPS) is 12.0. The first-order valence-corrected chi connectivity index (χ1v) is 8.80. The van der Waals surface area contributed by atoms with Crippen LogP contribution >= 0.6 is 11.6 Å². The third-order valence-corrected chi connectivity index (χ3v) is 4.58. The van der Waals surface area contributed by atoms with E-state index in [9.17, 15) is 4.79 Å². The Balaban J connectivity index is 2.02. The molecule has 0 fully saturated rings. The molecule has 1 amide bonds. The summed E-state index contributed by atoms with van der Waals surface area (Å²) in [4.78, 5) is 16.7. The van der Waals surface area contributed by atoms with Crippen LogP contribution < -0.4 is 15.0 Å². The van der Waals surface area contributed by atoms with Crippen LogP contribution in [-0.4, -0.2) is 45.1 Å². The van der Waals surface area contributed by atoms with Crippen LogP contribution in [0.3, 0.4) is 0 Å². The van der Waals surface area contributed by atoms with Crippen molar-refractivity contribution in [2.75, 3.05) is 38.5 Å². The quantitative estimate of drug-likeness (QED) is 0.797.